The smallest absolute Gasteiger partial charge is 0.422 e. The molecular formula is C27H30F4O3. The lowest BCUT2D eigenvalue weighted by molar-refractivity contribution is -0.143. The molecule has 2 aliphatic rings. The van der Waals surface area contributed by atoms with Gasteiger partial charge in [0.05, 0.1) is 12.7 Å². The van der Waals surface area contributed by atoms with Crippen LogP contribution in [0.2, 0.25) is 0 Å². The zero-order valence-corrected chi connectivity index (χ0v) is 19.5. The van der Waals surface area contributed by atoms with Crippen molar-refractivity contribution in [2.24, 2.45) is 5.92 Å². The third-order valence-corrected chi connectivity index (χ3v) is 7.27. The summed E-state index contributed by atoms with van der Waals surface area (Å²) in [6, 6.07) is 11.0. The standard InChI is InChI=1S/C27H30F4O3/c1-16-3-5-18(6-4-16)19-7-9-20(10-8-19)23-13-11-21(15-33-23)22-12-14-24(34-17(2)32)25(26(22)28)27(29,30)31/h3-6,12,14,19-21,23H,7-11,13,15H2,1-2H3. The van der Waals surface area contributed by atoms with Crippen molar-refractivity contribution in [2.75, 3.05) is 6.61 Å². The van der Waals surface area contributed by atoms with Crippen molar-refractivity contribution in [3.8, 4) is 5.75 Å². The van der Waals surface area contributed by atoms with Gasteiger partial charge in [0.1, 0.15) is 17.1 Å². The van der Waals surface area contributed by atoms with Crippen molar-refractivity contribution < 1.29 is 31.8 Å². The SMILES string of the molecule is CC(=O)Oc1ccc(C2CCC(C3CCC(c4ccc(C)cc4)CC3)OC2)c(F)c1C(F)(F)F. The monoisotopic (exact) mass is 478 g/mol. The minimum atomic E-state index is -4.97. The van der Waals surface area contributed by atoms with Crippen molar-refractivity contribution in [1.29, 1.82) is 0 Å². The highest BCUT2D eigenvalue weighted by atomic mass is 19.4. The van der Waals surface area contributed by atoms with Gasteiger partial charge in [-0.1, -0.05) is 35.9 Å². The largest absolute Gasteiger partial charge is 0.426 e. The summed E-state index contributed by atoms with van der Waals surface area (Å²) in [5.41, 5.74) is 1.06. The van der Waals surface area contributed by atoms with Crippen LogP contribution in [0.3, 0.4) is 0 Å². The van der Waals surface area contributed by atoms with Crippen molar-refractivity contribution in [1.82, 2.24) is 0 Å². The molecule has 0 spiro atoms. The van der Waals surface area contributed by atoms with E-state index in [0.29, 0.717) is 24.7 Å². The fourth-order valence-corrected chi connectivity index (χ4v) is 5.45. The number of aryl methyl sites for hydroxylation is 1. The van der Waals surface area contributed by atoms with Crippen molar-refractivity contribution in [2.45, 2.75) is 76.5 Å². The number of ether oxygens (including phenoxy) is 2. The van der Waals surface area contributed by atoms with Gasteiger partial charge in [0.2, 0.25) is 0 Å². The van der Waals surface area contributed by atoms with Crippen molar-refractivity contribution in [3.05, 3.63) is 64.5 Å². The Morgan fingerprint density at radius 2 is 1.59 bits per heavy atom. The van der Waals surface area contributed by atoms with Crippen LogP contribution in [0.4, 0.5) is 17.6 Å². The Kier molecular flexibility index (Phi) is 7.31. The average Bonchev–Trinajstić information content (AvgIpc) is 2.79. The minimum Gasteiger partial charge on any atom is -0.426 e. The van der Waals surface area contributed by atoms with E-state index in [1.54, 1.807) is 0 Å². The van der Waals surface area contributed by atoms with Gasteiger partial charge in [-0.05, 0) is 74.5 Å². The molecule has 34 heavy (non-hydrogen) atoms. The number of benzene rings is 2. The fraction of sp³-hybridized carbons (Fsp3) is 0.519. The molecule has 0 bridgehead atoms. The molecule has 184 valence electrons. The van der Waals surface area contributed by atoms with E-state index in [1.165, 1.54) is 17.2 Å². The van der Waals surface area contributed by atoms with Gasteiger partial charge in [-0.3, -0.25) is 4.79 Å². The van der Waals surface area contributed by atoms with Crippen LogP contribution in [0.1, 0.15) is 79.5 Å². The van der Waals surface area contributed by atoms with Crippen LogP contribution in [0, 0.1) is 18.7 Å². The van der Waals surface area contributed by atoms with Crippen molar-refractivity contribution in [3.63, 3.8) is 0 Å². The molecule has 2 aromatic carbocycles. The normalized spacial score (nSPS) is 25.7. The second-order valence-corrected chi connectivity index (χ2v) is 9.60. The number of rotatable bonds is 4. The fourth-order valence-electron chi connectivity index (χ4n) is 5.45. The first kappa shape index (κ1) is 24.7. The molecule has 0 N–H and O–H groups in total. The highest BCUT2D eigenvalue weighted by Gasteiger charge is 2.41. The first-order valence-corrected chi connectivity index (χ1v) is 11.9. The third-order valence-electron chi connectivity index (χ3n) is 7.27. The van der Waals surface area contributed by atoms with E-state index in [-0.39, 0.29) is 18.3 Å². The average molecular weight is 479 g/mol. The Hall–Kier alpha value is -2.41. The number of carbonyl (C=O) groups excluding carboxylic acids is 1. The minimum absolute atomic E-state index is 0.0373. The molecule has 1 aliphatic carbocycles. The first-order valence-electron chi connectivity index (χ1n) is 11.9. The molecule has 0 radical (unpaired) electrons. The first-order chi connectivity index (χ1) is 16.1. The summed E-state index contributed by atoms with van der Waals surface area (Å²) in [6.07, 6.45) is 0.631. The summed E-state index contributed by atoms with van der Waals surface area (Å²) in [5.74, 6) is -2.60. The van der Waals surface area contributed by atoms with Gasteiger partial charge >= 0.3 is 12.1 Å². The lowest BCUT2D eigenvalue weighted by Crippen LogP contribution is -2.33. The molecule has 0 aromatic heterocycles. The van der Waals surface area contributed by atoms with E-state index in [9.17, 15) is 22.4 Å². The zero-order chi connectivity index (χ0) is 24.5. The van der Waals surface area contributed by atoms with Gasteiger partial charge in [-0.2, -0.15) is 13.2 Å². The van der Waals surface area contributed by atoms with Gasteiger partial charge in [0, 0.05) is 12.8 Å². The van der Waals surface area contributed by atoms with Crippen LogP contribution >= 0.6 is 0 Å². The van der Waals surface area contributed by atoms with E-state index in [4.69, 9.17) is 4.74 Å². The number of alkyl halides is 3. The summed E-state index contributed by atoms with van der Waals surface area (Å²) >= 11 is 0. The summed E-state index contributed by atoms with van der Waals surface area (Å²) in [6.45, 7) is 3.25. The lowest BCUT2D eigenvalue weighted by atomic mass is 9.74. The van der Waals surface area contributed by atoms with E-state index in [2.05, 4.69) is 35.9 Å². The van der Waals surface area contributed by atoms with E-state index >= 15 is 0 Å². The summed E-state index contributed by atoms with van der Waals surface area (Å²) < 4.78 is 66.2. The Labute approximate surface area is 197 Å². The quantitative estimate of drug-likeness (QED) is 0.262. The van der Waals surface area contributed by atoms with Crippen LogP contribution in [0.15, 0.2) is 36.4 Å². The molecule has 1 saturated carbocycles. The molecule has 3 nitrogen and oxygen atoms in total. The molecular weight excluding hydrogens is 448 g/mol. The van der Waals surface area contributed by atoms with E-state index in [1.807, 2.05) is 0 Å². The topological polar surface area (TPSA) is 35.5 Å². The van der Waals surface area contributed by atoms with Gasteiger partial charge in [0.25, 0.3) is 0 Å². The highest BCUT2D eigenvalue weighted by molar-refractivity contribution is 5.70. The lowest BCUT2D eigenvalue weighted by Gasteiger charge is -2.38. The molecule has 1 aliphatic heterocycles. The highest BCUT2D eigenvalue weighted by Crippen LogP contribution is 2.44. The Bertz CT molecular complexity index is 1000. The molecule has 4 rings (SSSR count). The van der Waals surface area contributed by atoms with Crippen molar-refractivity contribution >= 4 is 5.97 Å². The van der Waals surface area contributed by atoms with E-state index in [0.717, 1.165) is 38.7 Å². The molecule has 7 heteroatoms. The number of hydrogen-bond acceptors (Lipinski definition) is 3. The number of esters is 1. The maximum atomic E-state index is 15.0. The van der Waals surface area contributed by atoms with Gasteiger partial charge in [-0.15, -0.1) is 0 Å². The molecule has 2 fully saturated rings. The van der Waals surface area contributed by atoms with Crippen LogP contribution < -0.4 is 4.74 Å². The molecule has 2 aromatic rings. The molecule has 1 saturated heterocycles. The molecule has 0 amide bonds. The van der Waals surface area contributed by atoms with Gasteiger partial charge < -0.3 is 9.47 Å². The van der Waals surface area contributed by atoms with E-state index < -0.39 is 35.2 Å². The maximum absolute atomic E-state index is 15.0. The summed E-state index contributed by atoms with van der Waals surface area (Å²) in [5, 5.41) is 0. The predicted octanol–water partition coefficient (Wildman–Crippen LogP) is 7.31. The molecule has 2 atom stereocenters. The third kappa shape index (κ3) is 5.45. The Morgan fingerprint density at radius 1 is 0.941 bits per heavy atom. The molecule has 1 heterocycles. The van der Waals surface area contributed by atoms with Crippen LogP contribution in [0.5, 0.6) is 5.75 Å². The summed E-state index contributed by atoms with van der Waals surface area (Å²) in [7, 11) is 0. The second-order valence-electron chi connectivity index (χ2n) is 9.60. The Balaban J connectivity index is 1.38. The van der Waals surface area contributed by atoms with Crippen LogP contribution in [0.25, 0.3) is 0 Å². The maximum Gasteiger partial charge on any atom is 0.422 e. The number of halogens is 4. The van der Waals surface area contributed by atoms with Crippen LogP contribution in [-0.4, -0.2) is 18.7 Å². The Morgan fingerprint density at radius 3 is 2.15 bits per heavy atom. The predicted molar refractivity (Wildman–Crippen MR) is 120 cm³/mol. The van der Waals surface area contributed by atoms with Gasteiger partial charge in [0.15, 0.2) is 0 Å². The van der Waals surface area contributed by atoms with Gasteiger partial charge in [-0.25, -0.2) is 4.39 Å². The number of hydrogen-bond donors (Lipinski definition) is 0. The second kappa shape index (κ2) is 10.1. The summed E-state index contributed by atoms with van der Waals surface area (Å²) in [4.78, 5) is 11.2. The number of carbonyl (C=O) groups is 1. The zero-order valence-electron chi connectivity index (χ0n) is 19.5. The molecule has 2 unspecified atom stereocenters. The van der Waals surface area contributed by atoms with Crippen LogP contribution in [-0.2, 0) is 15.7 Å².